The van der Waals surface area contributed by atoms with Gasteiger partial charge in [-0.25, -0.2) is 15.0 Å². The highest BCUT2D eigenvalue weighted by atomic mass is 33.1. The Labute approximate surface area is 274 Å². The number of rotatable bonds is 9. The number of thioether (sulfide) groups is 2. The number of nitrogens with zero attached hydrogens (tertiary/aromatic N) is 3. The number of hydrogen-bond donors (Lipinski definition) is 1. The van der Waals surface area contributed by atoms with Crippen molar-refractivity contribution in [3.63, 3.8) is 0 Å². The lowest BCUT2D eigenvalue weighted by atomic mass is 10.1. The summed E-state index contributed by atoms with van der Waals surface area (Å²) >= 11 is 10.6. The van der Waals surface area contributed by atoms with Gasteiger partial charge in [-0.1, -0.05) is 38.1 Å². The van der Waals surface area contributed by atoms with Gasteiger partial charge in [0.05, 0.1) is 30.6 Å². The average molecular weight is 691 g/mol. The Kier molecular flexibility index (Phi) is 11.3. The van der Waals surface area contributed by atoms with E-state index in [9.17, 15) is 0 Å². The Balaban J connectivity index is 0.000000191. The maximum Gasteiger partial charge on any atom is 0.166 e. The number of fused-ring (bicyclic) bond motifs is 3. The van der Waals surface area contributed by atoms with Gasteiger partial charge in [0.2, 0.25) is 0 Å². The highest BCUT2D eigenvalue weighted by Gasteiger charge is 2.13. The molecular formula is C29H30N4S8. The fraction of sp³-hybridized carbons (Fsp3) is 0.276. The zero-order valence-corrected chi connectivity index (χ0v) is 29.8. The van der Waals surface area contributed by atoms with Crippen molar-refractivity contribution in [2.45, 2.75) is 63.0 Å². The minimum Gasteiger partial charge on any atom is -0.253 e. The molecule has 12 heteroatoms. The predicted octanol–water partition coefficient (Wildman–Crippen LogP) is 11.6. The van der Waals surface area contributed by atoms with Gasteiger partial charge in [0.1, 0.15) is 0 Å². The first-order chi connectivity index (χ1) is 19.8. The minimum absolute atomic E-state index is 0.114. The predicted molar refractivity (Wildman–Crippen MR) is 192 cm³/mol. The van der Waals surface area contributed by atoms with Crippen LogP contribution in [0.3, 0.4) is 0 Å². The molecule has 0 aliphatic carbocycles. The van der Waals surface area contributed by atoms with E-state index in [0.29, 0.717) is 0 Å². The monoisotopic (exact) mass is 690 g/mol. The fourth-order valence-electron chi connectivity index (χ4n) is 3.58. The van der Waals surface area contributed by atoms with Crippen molar-refractivity contribution >= 4 is 122 Å². The number of para-hydroxylation sites is 3. The van der Waals surface area contributed by atoms with Crippen LogP contribution < -0.4 is 4.72 Å². The lowest BCUT2D eigenvalue weighted by Gasteiger charge is -2.17. The maximum absolute atomic E-state index is 4.86. The number of aromatic nitrogens is 3. The summed E-state index contributed by atoms with van der Waals surface area (Å²) in [5.41, 5.74) is 3.47. The lowest BCUT2D eigenvalue weighted by molar-refractivity contribution is 0.535. The van der Waals surface area contributed by atoms with E-state index in [1.807, 2.05) is 41.7 Å². The Bertz CT molecular complexity index is 1620. The van der Waals surface area contributed by atoms with Gasteiger partial charge in [-0.2, -0.15) is 0 Å². The van der Waals surface area contributed by atoms with Gasteiger partial charge in [0.15, 0.2) is 13.0 Å². The van der Waals surface area contributed by atoms with Gasteiger partial charge < -0.3 is 0 Å². The van der Waals surface area contributed by atoms with Crippen molar-refractivity contribution < 1.29 is 0 Å². The van der Waals surface area contributed by atoms with Gasteiger partial charge in [0.25, 0.3) is 0 Å². The Hall–Kier alpha value is -0.960. The Morgan fingerprint density at radius 2 is 1.15 bits per heavy atom. The molecule has 3 aromatic heterocycles. The van der Waals surface area contributed by atoms with Crippen molar-refractivity contribution in [2.75, 3.05) is 11.5 Å². The van der Waals surface area contributed by atoms with Crippen LogP contribution in [0.15, 0.2) is 83.5 Å². The summed E-state index contributed by atoms with van der Waals surface area (Å²) < 4.78 is 10.4. The van der Waals surface area contributed by atoms with Crippen LogP contribution in [-0.4, -0.2) is 32.0 Å². The van der Waals surface area contributed by atoms with Crippen molar-refractivity contribution in [1.82, 2.24) is 19.7 Å². The zero-order chi connectivity index (χ0) is 28.8. The molecule has 0 bridgehead atoms. The first kappa shape index (κ1) is 31.5. The standard InChI is InChI=1S/C18H16N2S6.C11H14N2S2/c1-3-21-11-7-5-9-13-15(11)19-17(23-13)25-26-18-20-16-12(22-4-2)8-6-10-14(16)24-18;1-11(2,3)13-15-10-12-8-6-4-5-7-9(8)14-10/h5-10H,3-4H2,1-2H3;4-7,13H,1-3H3. The van der Waals surface area contributed by atoms with E-state index in [4.69, 9.17) is 9.97 Å². The van der Waals surface area contributed by atoms with Crippen LogP contribution in [0, 0.1) is 0 Å². The molecule has 0 saturated carbocycles. The molecule has 3 heterocycles. The van der Waals surface area contributed by atoms with Crippen molar-refractivity contribution in [3.8, 4) is 0 Å². The van der Waals surface area contributed by atoms with E-state index in [0.717, 1.165) is 41.1 Å². The maximum atomic E-state index is 4.86. The normalized spacial score (nSPS) is 11.8. The average Bonchev–Trinajstić information content (AvgIpc) is 3.67. The molecule has 1 N–H and O–H groups in total. The summed E-state index contributed by atoms with van der Waals surface area (Å²) in [6, 6.07) is 21.1. The Morgan fingerprint density at radius 3 is 1.66 bits per heavy atom. The summed E-state index contributed by atoms with van der Waals surface area (Å²) in [6.07, 6.45) is 0. The second-order valence-corrected chi connectivity index (χ2v) is 19.0. The molecule has 0 spiro atoms. The number of hydrogen-bond acceptors (Lipinski definition) is 12. The number of thiazole rings is 3. The van der Waals surface area contributed by atoms with E-state index in [1.165, 1.54) is 23.9 Å². The summed E-state index contributed by atoms with van der Waals surface area (Å²) in [5, 5.41) is 0. The van der Waals surface area contributed by atoms with E-state index in [2.05, 4.69) is 86.8 Å². The van der Waals surface area contributed by atoms with Gasteiger partial charge in [-0.05, 0) is 102 Å². The summed E-state index contributed by atoms with van der Waals surface area (Å²) in [6.45, 7) is 10.8. The first-order valence-corrected chi connectivity index (χ1v) is 20.4. The summed E-state index contributed by atoms with van der Waals surface area (Å²) in [5.74, 6) is 2.13. The van der Waals surface area contributed by atoms with Crippen molar-refractivity contribution in [1.29, 1.82) is 0 Å². The summed E-state index contributed by atoms with van der Waals surface area (Å²) in [4.78, 5) is 16.8. The highest BCUT2D eigenvalue weighted by Crippen LogP contribution is 2.45. The van der Waals surface area contributed by atoms with Gasteiger partial charge in [0, 0.05) is 15.3 Å². The fourth-order valence-corrected chi connectivity index (χ4v) is 11.6. The zero-order valence-electron chi connectivity index (χ0n) is 23.3. The lowest BCUT2D eigenvalue weighted by Crippen LogP contribution is -2.29. The molecule has 0 unspecified atom stereocenters. The molecule has 3 aromatic carbocycles. The molecule has 4 nitrogen and oxygen atoms in total. The molecule has 0 amide bonds. The third-order valence-electron chi connectivity index (χ3n) is 5.23. The molecule has 0 fully saturated rings. The molecule has 6 rings (SSSR count). The van der Waals surface area contributed by atoms with Gasteiger partial charge in [-0.3, -0.25) is 4.72 Å². The van der Waals surface area contributed by atoms with Gasteiger partial charge in [-0.15, -0.1) is 57.5 Å². The van der Waals surface area contributed by atoms with Crippen LogP contribution in [0.2, 0.25) is 0 Å². The molecule has 0 radical (unpaired) electrons. The molecular weight excluding hydrogens is 661 g/mol. The van der Waals surface area contributed by atoms with Crippen molar-refractivity contribution in [2.24, 2.45) is 0 Å². The van der Waals surface area contributed by atoms with Crippen LogP contribution >= 0.6 is 91.1 Å². The van der Waals surface area contributed by atoms with Crippen molar-refractivity contribution in [3.05, 3.63) is 60.7 Å². The van der Waals surface area contributed by atoms with Crippen LogP contribution in [0.4, 0.5) is 0 Å². The van der Waals surface area contributed by atoms with E-state index < -0.39 is 0 Å². The second kappa shape index (κ2) is 14.7. The third kappa shape index (κ3) is 8.57. The molecule has 6 aromatic rings. The van der Waals surface area contributed by atoms with Crippen LogP contribution in [0.5, 0.6) is 0 Å². The first-order valence-electron chi connectivity index (χ1n) is 13.0. The minimum atomic E-state index is 0.114. The third-order valence-corrected chi connectivity index (χ3v) is 14.4. The SMILES string of the molecule is CC(C)(C)NSc1nc2ccccc2s1.CCSc1cccc2sc(SSc3nc4c(SCC)cccc4s3)nc12. The van der Waals surface area contributed by atoms with E-state index >= 15 is 0 Å². The van der Waals surface area contributed by atoms with Gasteiger partial charge >= 0.3 is 0 Å². The van der Waals surface area contributed by atoms with E-state index in [-0.39, 0.29) is 5.54 Å². The molecule has 0 aliphatic rings. The summed E-state index contributed by atoms with van der Waals surface area (Å²) in [7, 11) is 3.43. The van der Waals surface area contributed by atoms with Crippen LogP contribution in [0.25, 0.3) is 30.6 Å². The molecule has 214 valence electrons. The van der Waals surface area contributed by atoms with E-state index in [1.54, 1.807) is 67.5 Å². The number of nitrogens with one attached hydrogen (secondary N) is 1. The molecule has 0 aliphatic heterocycles. The Morgan fingerprint density at radius 1 is 0.634 bits per heavy atom. The quantitative estimate of drug-likeness (QED) is 0.0907. The molecule has 0 atom stereocenters. The smallest absolute Gasteiger partial charge is 0.166 e. The highest BCUT2D eigenvalue weighted by molar-refractivity contribution is 8.77. The molecule has 0 saturated heterocycles. The second-order valence-electron chi connectivity index (χ2n) is 9.60. The van der Waals surface area contributed by atoms with Crippen LogP contribution in [-0.2, 0) is 0 Å². The molecule has 41 heavy (non-hydrogen) atoms. The number of benzene rings is 3. The van der Waals surface area contributed by atoms with Crippen LogP contribution in [0.1, 0.15) is 34.6 Å². The topological polar surface area (TPSA) is 50.7 Å². The largest absolute Gasteiger partial charge is 0.253 e.